The van der Waals surface area contributed by atoms with Gasteiger partial charge in [-0.25, -0.2) is 0 Å². The molecule has 0 bridgehead atoms. The summed E-state index contributed by atoms with van der Waals surface area (Å²) in [6.07, 6.45) is 7.03. The zero-order chi connectivity index (χ0) is 15.4. The molecule has 1 aliphatic carbocycles. The van der Waals surface area contributed by atoms with Crippen molar-refractivity contribution < 1.29 is 4.79 Å². The van der Waals surface area contributed by atoms with Gasteiger partial charge >= 0.3 is 0 Å². The number of halogens is 1. The predicted octanol–water partition coefficient (Wildman–Crippen LogP) is 6.00. The van der Waals surface area contributed by atoms with Crippen molar-refractivity contribution in [1.82, 2.24) is 0 Å². The van der Waals surface area contributed by atoms with Crippen LogP contribution in [0, 0.1) is 11.8 Å². The van der Waals surface area contributed by atoms with Gasteiger partial charge in [-0.2, -0.15) is 0 Å². The average Bonchev–Trinajstić information content (AvgIpc) is 2.56. The fourth-order valence-corrected chi connectivity index (χ4v) is 4.27. The van der Waals surface area contributed by atoms with Crippen molar-refractivity contribution in [2.75, 3.05) is 5.33 Å². The largest absolute Gasteiger partial charge is 0.294 e. The second-order valence-corrected chi connectivity index (χ2v) is 7.35. The normalized spacial score (nSPS) is 21.9. The summed E-state index contributed by atoms with van der Waals surface area (Å²) in [4.78, 5) is 12.6. The Bertz CT molecular complexity index is 641. The van der Waals surface area contributed by atoms with Gasteiger partial charge in [0.15, 0.2) is 5.78 Å². The van der Waals surface area contributed by atoms with Crippen LogP contribution < -0.4 is 0 Å². The smallest absolute Gasteiger partial charge is 0.163 e. The molecule has 1 nitrogen and oxygen atoms in total. The first-order chi connectivity index (χ1) is 10.8. The van der Waals surface area contributed by atoms with Gasteiger partial charge in [0, 0.05) is 17.3 Å². The Hall–Kier alpha value is -1.15. The van der Waals surface area contributed by atoms with E-state index < -0.39 is 0 Å². The molecule has 0 N–H and O–H groups in total. The molecule has 1 fully saturated rings. The number of hydrogen-bond acceptors (Lipinski definition) is 1. The molecule has 1 aliphatic rings. The van der Waals surface area contributed by atoms with Crippen molar-refractivity contribution >= 4 is 32.5 Å². The monoisotopic (exact) mass is 358 g/mol. The number of carbonyl (C=O) groups is 1. The third-order valence-corrected chi connectivity index (χ3v) is 5.49. The molecule has 0 heterocycles. The van der Waals surface area contributed by atoms with E-state index in [1.165, 1.54) is 37.5 Å². The molecule has 0 aliphatic heterocycles. The first kappa shape index (κ1) is 15.7. The van der Waals surface area contributed by atoms with Gasteiger partial charge in [-0.05, 0) is 47.9 Å². The van der Waals surface area contributed by atoms with Gasteiger partial charge in [0.25, 0.3) is 0 Å². The second kappa shape index (κ2) is 7.41. The van der Waals surface area contributed by atoms with E-state index in [1.54, 1.807) is 0 Å². The summed E-state index contributed by atoms with van der Waals surface area (Å²) in [6, 6.07) is 14.3. The molecule has 0 radical (unpaired) electrons. The van der Waals surface area contributed by atoms with E-state index in [0.717, 1.165) is 28.6 Å². The van der Waals surface area contributed by atoms with Crippen LogP contribution in [0.2, 0.25) is 0 Å². The summed E-state index contributed by atoms with van der Waals surface area (Å²) in [6.45, 7) is 0. The Balaban J connectivity index is 1.61. The molecule has 0 aromatic heterocycles. The van der Waals surface area contributed by atoms with Crippen LogP contribution in [-0.4, -0.2) is 11.1 Å². The fraction of sp³-hybridized carbons (Fsp3) is 0.450. The summed E-state index contributed by atoms with van der Waals surface area (Å²) in [5.41, 5.74) is 0.876. The van der Waals surface area contributed by atoms with E-state index in [0.29, 0.717) is 11.7 Å². The highest BCUT2D eigenvalue weighted by Gasteiger charge is 2.23. The highest BCUT2D eigenvalue weighted by atomic mass is 79.9. The molecule has 116 valence electrons. The molecular formula is C20H23BrO. The highest BCUT2D eigenvalue weighted by molar-refractivity contribution is 9.09. The molecule has 0 saturated heterocycles. The number of rotatable bonds is 5. The molecule has 0 atom stereocenters. The first-order valence-electron chi connectivity index (χ1n) is 8.34. The van der Waals surface area contributed by atoms with E-state index in [-0.39, 0.29) is 0 Å². The molecule has 2 aromatic rings. The van der Waals surface area contributed by atoms with Crippen LogP contribution in [0.4, 0.5) is 0 Å². The SMILES string of the molecule is O=C(CC1CCC(CCBr)CC1)c1ccc2ccccc2c1. The third kappa shape index (κ3) is 3.78. The van der Waals surface area contributed by atoms with Crippen molar-refractivity contribution in [2.24, 2.45) is 11.8 Å². The molecule has 3 rings (SSSR count). The Morgan fingerprint density at radius 2 is 1.64 bits per heavy atom. The third-order valence-electron chi connectivity index (χ3n) is 5.03. The quantitative estimate of drug-likeness (QED) is 0.472. The first-order valence-corrected chi connectivity index (χ1v) is 9.46. The van der Waals surface area contributed by atoms with Gasteiger partial charge in [-0.15, -0.1) is 0 Å². The maximum atomic E-state index is 12.6. The number of alkyl halides is 1. The van der Waals surface area contributed by atoms with Crippen LogP contribution in [0.3, 0.4) is 0 Å². The van der Waals surface area contributed by atoms with Crippen LogP contribution in [0.5, 0.6) is 0 Å². The Labute approximate surface area is 141 Å². The van der Waals surface area contributed by atoms with E-state index in [9.17, 15) is 4.79 Å². The van der Waals surface area contributed by atoms with Crippen LogP contribution >= 0.6 is 15.9 Å². The molecule has 1 saturated carbocycles. The minimum absolute atomic E-state index is 0.315. The number of fused-ring (bicyclic) bond motifs is 1. The number of hydrogen-bond donors (Lipinski definition) is 0. The van der Waals surface area contributed by atoms with Crippen molar-refractivity contribution in [2.45, 2.75) is 38.5 Å². The van der Waals surface area contributed by atoms with E-state index >= 15 is 0 Å². The lowest BCUT2D eigenvalue weighted by Crippen LogP contribution is -2.17. The number of carbonyl (C=O) groups excluding carboxylic acids is 1. The molecule has 2 aromatic carbocycles. The van der Waals surface area contributed by atoms with Crippen LogP contribution in [-0.2, 0) is 0 Å². The van der Waals surface area contributed by atoms with Gasteiger partial charge in [0.1, 0.15) is 0 Å². The van der Waals surface area contributed by atoms with Crippen molar-refractivity contribution in [3.63, 3.8) is 0 Å². The Morgan fingerprint density at radius 3 is 2.36 bits per heavy atom. The average molecular weight is 359 g/mol. The topological polar surface area (TPSA) is 17.1 Å². The molecule has 2 heteroatoms. The number of ketones is 1. The zero-order valence-corrected chi connectivity index (χ0v) is 14.5. The second-order valence-electron chi connectivity index (χ2n) is 6.55. The van der Waals surface area contributed by atoms with E-state index in [2.05, 4.69) is 34.1 Å². The molecule has 0 unspecified atom stereocenters. The lowest BCUT2D eigenvalue weighted by Gasteiger charge is -2.27. The van der Waals surface area contributed by atoms with Gasteiger partial charge in [0.2, 0.25) is 0 Å². The van der Waals surface area contributed by atoms with Gasteiger partial charge in [-0.3, -0.25) is 4.79 Å². The number of Topliss-reactive ketones (excluding diaryl/α,β-unsaturated/α-hetero) is 1. The summed E-state index contributed by atoms with van der Waals surface area (Å²) >= 11 is 3.54. The van der Waals surface area contributed by atoms with Crippen molar-refractivity contribution in [3.8, 4) is 0 Å². The molecule has 22 heavy (non-hydrogen) atoms. The van der Waals surface area contributed by atoms with Gasteiger partial charge in [0.05, 0.1) is 0 Å². The zero-order valence-electron chi connectivity index (χ0n) is 12.9. The van der Waals surface area contributed by atoms with Gasteiger partial charge < -0.3 is 0 Å². The lowest BCUT2D eigenvalue weighted by molar-refractivity contribution is 0.0943. The highest BCUT2D eigenvalue weighted by Crippen LogP contribution is 2.33. The number of benzene rings is 2. The summed E-state index contributed by atoms with van der Waals surface area (Å²) in [7, 11) is 0. The van der Waals surface area contributed by atoms with Gasteiger partial charge in [-0.1, -0.05) is 65.2 Å². The van der Waals surface area contributed by atoms with E-state index in [1.807, 2.05) is 24.3 Å². The molecule has 0 amide bonds. The Kier molecular flexibility index (Phi) is 5.30. The summed E-state index contributed by atoms with van der Waals surface area (Å²) in [5, 5.41) is 3.47. The standard InChI is InChI=1S/C20H23BrO/c21-12-11-15-5-7-16(8-6-15)13-20(22)19-10-9-17-3-1-2-4-18(17)14-19/h1-4,9-10,14-16H,5-8,11-13H2. The van der Waals surface area contributed by atoms with Crippen molar-refractivity contribution in [3.05, 3.63) is 48.0 Å². The molecular weight excluding hydrogens is 336 g/mol. The molecule has 0 spiro atoms. The maximum absolute atomic E-state index is 12.6. The lowest BCUT2D eigenvalue weighted by atomic mass is 9.78. The summed E-state index contributed by atoms with van der Waals surface area (Å²) < 4.78 is 0. The van der Waals surface area contributed by atoms with Crippen LogP contribution in [0.1, 0.15) is 48.9 Å². The van der Waals surface area contributed by atoms with Crippen LogP contribution in [0.25, 0.3) is 10.8 Å². The van der Waals surface area contributed by atoms with Crippen LogP contribution in [0.15, 0.2) is 42.5 Å². The minimum Gasteiger partial charge on any atom is -0.294 e. The Morgan fingerprint density at radius 1 is 0.955 bits per heavy atom. The minimum atomic E-state index is 0.315. The predicted molar refractivity (Wildman–Crippen MR) is 96.8 cm³/mol. The van der Waals surface area contributed by atoms with E-state index in [4.69, 9.17) is 0 Å². The maximum Gasteiger partial charge on any atom is 0.163 e. The van der Waals surface area contributed by atoms with Crippen molar-refractivity contribution in [1.29, 1.82) is 0 Å². The summed E-state index contributed by atoms with van der Waals surface area (Å²) in [5.74, 6) is 1.77. The fourth-order valence-electron chi connectivity index (χ4n) is 3.62.